The number of carbonyl (C=O) groups is 1. The molecule has 12 heteroatoms. The summed E-state index contributed by atoms with van der Waals surface area (Å²) in [5.74, 6) is -0.688. The largest absolute Gasteiger partial charge is 0.534 e. The highest BCUT2D eigenvalue weighted by Crippen LogP contribution is 2.45. The van der Waals surface area contributed by atoms with Crippen LogP contribution in [0.25, 0.3) is 0 Å². The smallest absolute Gasteiger partial charge is 0.496 e. The Morgan fingerprint density at radius 1 is 1.03 bits per heavy atom. The predicted molar refractivity (Wildman–Crippen MR) is 107 cm³/mol. The number of methoxy groups -OCH3 is 1. The molecule has 0 spiro atoms. The highest BCUT2D eigenvalue weighted by molar-refractivity contribution is 7.88. The maximum absolute atomic E-state index is 12.6. The molecule has 0 radical (unpaired) electrons. The van der Waals surface area contributed by atoms with E-state index in [0.717, 1.165) is 34.8 Å². The van der Waals surface area contributed by atoms with E-state index in [1.54, 1.807) is 0 Å². The first-order valence-electron chi connectivity index (χ1n) is 9.24. The number of ether oxygens (including phenoxy) is 1. The van der Waals surface area contributed by atoms with Crippen LogP contribution in [0, 0.1) is 0 Å². The third-order valence-corrected chi connectivity index (χ3v) is 6.13. The predicted octanol–water partition coefficient (Wildman–Crippen LogP) is 3.91. The number of hydrogen-bond acceptors (Lipinski definition) is 7. The van der Waals surface area contributed by atoms with Gasteiger partial charge in [-0.15, -0.1) is 0 Å². The number of hydrogen-bond donors (Lipinski definition) is 3. The lowest BCUT2D eigenvalue weighted by atomic mass is 9.97. The minimum absolute atomic E-state index is 0.0520. The molecule has 2 aromatic carbocycles. The number of nitrogens with one attached hydrogen (secondary N) is 3. The fourth-order valence-corrected chi connectivity index (χ4v) is 4.13. The Kier molecular flexibility index (Phi) is 4.91. The normalized spacial score (nSPS) is 19.7. The summed E-state index contributed by atoms with van der Waals surface area (Å²) in [4.78, 5) is 12.1. The number of carbonyl (C=O) groups excluding carboxylic acids is 1. The minimum atomic E-state index is -5.79. The van der Waals surface area contributed by atoms with Crippen molar-refractivity contribution < 1.29 is 35.3 Å². The van der Waals surface area contributed by atoms with Gasteiger partial charge in [0.2, 0.25) is 5.91 Å². The van der Waals surface area contributed by atoms with Crippen LogP contribution in [0.5, 0.6) is 11.5 Å². The zero-order valence-electron chi connectivity index (χ0n) is 16.3. The van der Waals surface area contributed by atoms with Gasteiger partial charge >= 0.3 is 15.6 Å². The molecule has 2 atom stereocenters. The van der Waals surface area contributed by atoms with Gasteiger partial charge in [-0.2, -0.15) is 21.6 Å². The molecule has 4 rings (SSSR count). The molecule has 2 aromatic rings. The van der Waals surface area contributed by atoms with E-state index in [9.17, 15) is 26.4 Å². The van der Waals surface area contributed by atoms with Crippen LogP contribution in [0.1, 0.15) is 36.6 Å². The minimum Gasteiger partial charge on any atom is -0.496 e. The van der Waals surface area contributed by atoms with Crippen molar-refractivity contribution in [1.29, 1.82) is 0 Å². The molecule has 1 amide bonds. The van der Waals surface area contributed by atoms with Gasteiger partial charge in [-0.05, 0) is 36.2 Å². The third kappa shape index (κ3) is 3.60. The Bertz CT molecular complexity index is 1170. The molecular formula is C19H18F3N3O5S. The summed E-state index contributed by atoms with van der Waals surface area (Å²) >= 11 is 0. The van der Waals surface area contributed by atoms with E-state index in [-0.39, 0.29) is 17.6 Å². The number of amides is 1. The van der Waals surface area contributed by atoms with Crippen LogP contribution in [0.4, 0.5) is 30.2 Å². The van der Waals surface area contributed by atoms with Crippen LogP contribution in [0.3, 0.4) is 0 Å². The molecule has 0 aliphatic carbocycles. The first-order valence-corrected chi connectivity index (χ1v) is 10.7. The zero-order chi connectivity index (χ0) is 22.6. The zero-order valence-corrected chi connectivity index (χ0v) is 17.1. The number of halogens is 3. The van der Waals surface area contributed by atoms with E-state index in [0.29, 0.717) is 12.0 Å². The van der Waals surface area contributed by atoms with Crippen LogP contribution in [0.15, 0.2) is 30.3 Å². The molecule has 3 N–H and O–H groups in total. The summed E-state index contributed by atoms with van der Waals surface area (Å²) in [6, 6.07) is 7.27. The Hall–Kier alpha value is -3.15. The average Bonchev–Trinajstić information content (AvgIpc) is 3.23. The average molecular weight is 457 g/mol. The van der Waals surface area contributed by atoms with E-state index in [4.69, 9.17) is 4.74 Å². The first kappa shape index (κ1) is 21.1. The second kappa shape index (κ2) is 7.22. The standard InChI is InChI=1S/C19H18F3N3O5S/c1-3-10-12-7-14-15(8-13(12)25-18(10)26)24-17(23-14)11-5-4-9(6-16(11)29-2)30-31(27,28)19(20,21)22/h4-8,10,17,23-24H,3H2,1-2H3,(H,25,26). The van der Waals surface area contributed by atoms with Crippen molar-refractivity contribution in [3.8, 4) is 11.5 Å². The summed E-state index contributed by atoms with van der Waals surface area (Å²) in [5.41, 5.74) is -1.94. The summed E-state index contributed by atoms with van der Waals surface area (Å²) < 4.78 is 69.6. The molecule has 31 heavy (non-hydrogen) atoms. The van der Waals surface area contributed by atoms with Gasteiger partial charge in [0.05, 0.1) is 24.4 Å². The Morgan fingerprint density at radius 2 is 1.71 bits per heavy atom. The van der Waals surface area contributed by atoms with E-state index >= 15 is 0 Å². The number of rotatable bonds is 5. The SMILES string of the molecule is CCC1C(=O)Nc2cc3c(cc21)NC(c1ccc(OS(=O)(=O)C(F)(F)F)cc1OC)N3. The number of benzene rings is 2. The monoisotopic (exact) mass is 457 g/mol. The van der Waals surface area contributed by atoms with Gasteiger partial charge in [-0.3, -0.25) is 4.79 Å². The topological polar surface area (TPSA) is 106 Å². The van der Waals surface area contributed by atoms with Gasteiger partial charge < -0.3 is 24.9 Å². The highest BCUT2D eigenvalue weighted by Gasteiger charge is 2.48. The van der Waals surface area contributed by atoms with Crippen LogP contribution in [-0.4, -0.2) is 26.9 Å². The molecule has 0 saturated carbocycles. The molecular weight excluding hydrogens is 439 g/mol. The van der Waals surface area contributed by atoms with Crippen LogP contribution >= 0.6 is 0 Å². The van der Waals surface area contributed by atoms with Crippen molar-refractivity contribution in [1.82, 2.24) is 0 Å². The van der Waals surface area contributed by atoms with E-state index < -0.39 is 27.5 Å². The lowest BCUT2D eigenvalue weighted by Crippen LogP contribution is -2.28. The molecule has 8 nitrogen and oxygen atoms in total. The Labute approximate surface area is 175 Å². The molecule has 0 saturated heterocycles. The maximum atomic E-state index is 12.6. The maximum Gasteiger partial charge on any atom is 0.534 e. The molecule has 0 bridgehead atoms. The van der Waals surface area contributed by atoms with Gasteiger partial charge in [0.1, 0.15) is 17.7 Å². The summed E-state index contributed by atoms with van der Waals surface area (Å²) in [5, 5.41) is 9.30. The van der Waals surface area contributed by atoms with Crippen LogP contribution < -0.4 is 24.9 Å². The molecule has 0 aromatic heterocycles. The van der Waals surface area contributed by atoms with Crippen molar-refractivity contribution in [2.45, 2.75) is 30.9 Å². The molecule has 166 valence electrons. The Morgan fingerprint density at radius 3 is 2.32 bits per heavy atom. The molecule has 2 aliphatic rings. The third-order valence-electron chi connectivity index (χ3n) is 5.15. The molecule has 2 unspecified atom stereocenters. The van der Waals surface area contributed by atoms with E-state index in [1.165, 1.54) is 13.2 Å². The summed E-state index contributed by atoms with van der Waals surface area (Å²) in [6.45, 7) is 1.93. The number of fused-ring (bicyclic) bond motifs is 2. The van der Waals surface area contributed by atoms with Gasteiger partial charge in [0, 0.05) is 17.3 Å². The lowest BCUT2D eigenvalue weighted by Gasteiger charge is -2.18. The summed E-state index contributed by atoms with van der Waals surface area (Å²) in [7, 11) is -4.49. The lowest BCUT2D eigenvalue weighted by molar-refractivity contribution is -0.117. The molecule has 0 fully saturated rings. The second-order valence-corrected chi connectivity index (χ2v) is 8.58. The number of alkyl halides is 3. The van der Waals surface area contributed by atoms with E-state index in [2.05, 4.69) is 20.1 Å². The number of anilines is 3. The van der Waals surface area contributed by atoms with Gasteiger partial charge in [-0.25, -0.2) is 0 Å². The van der Waals surface area contributed by atoms with Crippen molar-refractivity contribution in [2.24, 2.45) is 0 Å². The summed E-state index contributed by atoms with van der Waals surface area (Å²) in [6.07, 6.45) is 0.154. The van der Waals surface area contributed by atoms with Gasteiger partial charge in [0.25, 0.3) is 0 Å². The van der Waals surface area contributed by atoms with Crippen molar-refractivity contribution in [3.63, 3.8) is 0 Å². The van der Waals surface area contributed by atoms with Crippen molar-refractivity contribution in [3.05, 3.63) is 41.5 Å². The highest BCUT2D eigenvalue weighted by atomic mass is 32.2. The van der Waals surface area contributed by atoms with Crippen LogP contribution in [-0.2, 0) is 14.9 Å². The second-order valence-electron chi connectivity index (χ2n) is 7.04. The van der Waals surface area contributed by atoms with Gasteiger partial charge in [0.15, 0.2) is 0 Å². The quantitative estimate of drug-likeness (QED) is 0.462. The van der Waals surface area contributed by atoms with E-state index in [1.807, 2.05) is 19.1 Å². The Balaban J connectivity index is 1.60. The molecule has 2 heterocycles. The van der Waals surface area contributed by atoms with Crippen LogP contribution in [0.2, 0.25) is 0 Å². The van der Waals surface area contributed by atoms with Gasteiger partial charge in [-0.1, -0.05) is 6.92 Å². The van der Waals surface area contributed by atoms with Crippen molar-refractivity contribution >= 4 is 33.1 Å². The van der Waals surface area contributed by atoms with Crippen molar-refractivity contribution in [2.75, 3.05) is 23.1 Å². The first-order chi connectivity index (χ1) is 14.5. The fourth-order valence-electron chi connectivity index (χ4n) is 3.68. The molecule has 2 aliphatic heterocycles. The fraction of sp³-hybridized carbons (Fsp3) is 0.316.